The summed E-state index contributed by atoms with van der Waals surface area (Å²) in [4.78, 5) is 16.6. The van der Waals surface area contributed by atoms with E-state index in [-0.39, 0.29) is 5.91 Å². The van der Waals surface area contributed by atoms with Gasteiger partial charge in [-0.2, -0.15) is 0 Å². The van der Waals surface area contributed by atoms with E-state index in [4.69, 9.17) is 4.74 Å². The molecule has 0 fully saturated rings. The molecule has 0 bridgehead atoms. The van der Waals surface area contributed by atoms with Crippen LogP contribution in [0.3, 0.4) is 0 Å². The van der Waals surface area contributed by atoms with Crippen molar-refractivity contribution in [3.05, 3.63) is 65.5 Å². The highest BCUT2D eigenvalue weighted by atomic mass is 16.5. The number of amides is 1. The third-order valence-electron chi connectivity index (χ3n) is 4.78. The molecule has 2 N–H and O–H groups in total. The van der Waals surface area contributed by atoms with Gasteiger partial charge in [0, 0.05) is 30.5 Å². The fourth-order valence-electron chi connectivity index (χ4n) is 3.27. The van der Waals surface area contributed by atoms with Crippen molar-refractivity contribution in [3.63, 3.8) is 0 Å². The van der Waals surface area contributed by atoms with Crippen molar-refractivity contribution in [1.29, 1.82) is 0 Å². The Bertz CT molecular complexity index is 802. The second-order valence-electron chi connectivity index (χ2n) is 6.71. The Morgan fingerprint density at radius 1 is 1.22 bits per heavy atom. The zero-order chi connectivity index (χ0) is 18.9. The summed E-state index contributed by atoms with van der Waals surface area (Å²) in [6, 6.07) is 11.5. The molecule has 5 heteroatoms. The van der Waals surface area contributed by atoms with Gasteiger partial charge in [0.05, 0.1) is 7.11 Å². The first-order valence-electron chi connectivity index (χ1n) is 9.54. The van der Waals surface area contributed by atoms with Crippen molar-refractivity contribution in [2.24, 2.45) is 0 Å². The van der Waals surface area contributed by atoms with Crippen molar-refractivity contribution in [2.45, 2.75) is 38.6 Å². The molecule has 0 unspecified atom stereocenters. The van der Waals surface area contributed by atoms with E-state index >= 15 is 0 Å². The Morgan fingerprint density at radius 3 is 2.93 bits per heavy atom. The van der Waals surface area contributed by atoms with E-state index in [9.17, 15) is 4.79 Å². The number of carbonyl (C=O) groups is 1. The van der Waals surface area contributed by atoms with Crippen LogP contribution in [-0.4, -0.2) is 24.5 Å². The molecule has 2 aromatic rings. The van der Waals surface area contributed by atoms with Gasteiger partial charge < -0.3 is 15.4 Å². The lowest BCUT2D eigenvalue weighted by atomic mass is 9.97. The molecule has 0 saturated carbocycles. The Morgan fingerprint density at radius 2 is 2.11 bits per heavy atom. The van der Waals surface area contributed by atoms with Gasteiger partial charge in [-0.3, -0.25) is 9.78 Å². The average Bonchev–Trinajstić information content (AvgIpc) is 2.73. The molecular formula is C22H27N3O2. The molecule has 27 heavy (non-hydrogen) atoms. The topological polar surface area (TPSA) is 63.2 Å². The number of ether oxygens (including phenoxy) is 1. The summed E-state index contributed by atoms with van der Waals surface area (Å²) in [5.74, 6) is 0.710. The van der Waals surface area contributed by atoms with Crippen LogP contribution >= 0.6 is 0 Å². The summed E-state index contributed by atoms with van der Waals surface area (Å²) in [6.45, 7) is 1.27. The third-order valence-corrected chi connectivity index (χ3v) is 4.78. The molecule has 1 amide bonds. The number of rotatable bonds is 8. The quantitative estimate of drug-likeness (QED) is 0.684. The maximum Gasteiger partial charge on any atom is 0.269 e. The van der Waals surface area contributed by atoms with E-state index in [0.29, 0.717) is 18.8 Å². The summed E-state index contributed by atoms with van der Waals surface area (Å²) in [5.41, 5.74) is 3.80. The molecule has 142 valence electrons. The van der Waals surface area contributed by atoms with Crippen LogP contribution in [0.5, 0.6) is 5.75 Å². The number of hydrogen-bond acceptors (Lipinski definition) is 4. The average molecular weight is 365 g/mol. The zero-order valence-electron chi connectivity index (χ0n) is 15.8. The SMILES string of the molecule is COc1ccccc1CNc1ccnc(C(=O)NCCC2=CCCCC2)c1. The number of para-hydroxylation sites is 1. The van der Waals surface area contributed by atoms with Gasteiger partial charge in [-0.05, 0) is 50.3 Å². The highest BCUT2D eigenvalue weighted by Crippen LogP contribution is 2.20. The zero-order valence-corrected chi connectivity index (χ0v) is 15.8. The molecule has 1 heterocycles. The van der Waals surface area contributed by atoms with E-state index in [1.807, 2.05) is 30.3 Å². The summed E-state index contributed by atoms with van der Waals surface area (Å²) < 4.78 is 5.37. The number of hydrogen-bond donors (Lipinski definition) is 2. The first kappa shape index (κ1) is 19.0. The fraction of sp³-hybridized carbons (Fsp3) is 0.364. The van der Waals surface area contributed by atoms with E-state index in [1.54, 1.807) is 19.4 Å². The van der Waals surface area contributed by atoms with Crippen molar-refractivity contribution >= 4 is 11.6 Å². The number of allylic oxidation sites excluding steroid dienone is 1. The predicted octanol–water partition coefficient (Wildman–Crippen LogP) is 4.32. The lowest BCUT2D eigenvalue weighted by Gasteiger charge is -2.13. The van der Waals surface area contributed by atoms with Crippen molar-refractivity contribution < 1.29 is 9.53 Å². The number of aromatic nitrogens is 1. The maximum absolute atomic E-state index is 12.4. The second-order valence-corrected chi connectivity index (χ2v) is 6.71. The van der Waals surface area contributed by atoms with Crippen molar-refractivity contribution in [2.75, 3.05) is 19.0 Å². The number of pyridine rings is 1. The third kappa shape index (κ3) is 5.58. The van der Waals surface area contributed by atoms with E-state index in [0.717, 1.165) is 29.8 Å². The van der Waals surface area contributed by atoms with Gasteiger partial charge in [-0.15, -0.1) is 0 Å². The molecule has 3 rings (SSSR count). The van der Waals surface area contributed by atoms with Crippen LogP contribution in [0.1, 0.15) is 48.2 Å². The largest absolute Gasteiger partial charge is 0.496 e. The fourth-order valence-corrected chi connectivity index (χ4v) is 3.27. The smallest absolute Gasteiger partial charge is 0.269 e. The minimum atomic E-state index is -0.132. The second kappa shape index (κ2) is 9.76. The standard InChI is InChI=1S/C22H27N3O2/c1-27-21-10-6-5-9-18(21)16-25-19-12-14-23-20(15-19)22(26)24-13-11-17-7-3-2-4-8-17/h5-7,9-10,12,14-15H,2-4,8,11,13,16H2,1H3,(H,23,25)(H,24,26). The molecule has 0 spiro atoms. The molecule has 0 radical (unpaired) electrons. The number of carbonyl (C=O) groups excluding carboxylic acids is 1. The summed E-state index contributed by atoms with van der Waals surface area (Å²) in [7, 11) is 1.66. The Labute approximate surface area is 160 Å². The Hall–Kier alpha value is -2.82. The van der Waals surface area contributed by atoms with E-state index < -0.39 is 0 Å². The molecule has 5 nitrogen and oxygen atoms in total. The molecule has 1 aromatic heterocycles. The monoisotopic (exact) mass is 365 g/mol. The van der Waals surface area contributed by atoms with Crippen LogP contribution in [-0.2, 0) is 6.54 Å². The van der Waals surface area contributed by atoms with Gasteiger partial charge in [-0.25, -0.2) is 0 Å². The maximum atomic E-state index is 12.4. The van der Waals surface area contributed by atoms with E-state index in [2.05, 4.69) is 21.7 Å². The molecular weight excluding hydrogens is 338 g/mol. The van der Waals surface area contributed by atoms with Crippen LogP contribution in [0.4, 0.5) is 5.69 Å². The molecule has 1 aliphatic rings. The number of anilines is 1. The molecule has 0 atom stereocenters. The van der Waals surface area contributed by atoms with Crippen molar-refractivity contribution in [3.8, 4) is 5.75 Å². The Kier molecular flexibility index (Phi) is 6.85. The van der Waals surface area contributed by atoms with Gasteiger partial charge in [0.2, 0.25) is 0 Å². The predicted molar refractivity (Wildman–Crippen MR) is 108 cm³/mol. The van der Waals surface area contributed by atoms with Gasteiger partial charge in [0.25, 0.3) is 5.91 Å². The lowest BCUT2D eigenvalue weighted by molar-refractivity contribution is 0.0949. The summed E-state index contributed by atoms with van der Waals surface area (Å²) in [5, 5.41) is 6.31. The molecule has 0 saturated heterocycles. The number of nitrogens with zero attached hydrogens (tertiary/aromatic N) is 1. The van der Waals surface area contributed by atoms with Crippen LogP contribution in [0.2, 0.25) is 0 Å². The molecule has 1 aromatic carbocycles. The molecule has 0 aliphatic heterocycles. The van der Waals surface area contributed by atoms with Crippen LogP contribution in [0, 0.1) is 0 Å². The highest BCUT2D eigenvalue weighted by molar-refractivity contribution is 5.93. The number of benzene rings is 1. The van der Waals surface area contributed by atoms with Gasteiger partial charge in [0.15, 0.2) is 0 Å². The lowest BCUT2D eigenvalue weighted by Crippen LogP contribution is -2.25. The normalized spacial score (nSPS) is 13.6. The minimum absolute atomic E-state index is 0.132. The van der Waals surface area contributed by atoms with Gasteiger partial charge in [0.1, 0.15) is 11.4 Å². The van der Waals surface area contributed by atoms with E-state index in [1.165, 1.54) is 24.8 Å². The van der Waals surface area contributed by atoms with Crippen LogP contribution < -0.4 is 15.4 Å². The number of methoxy groups -OCH3 is 1. The highest BCUT2D eigenvalue weighted by Gasteiger charge is 2.09. The first-order valence-corrected chi connectivity index (χ1v) is 9.54. The summed E-state index contributed by atoms with van der Waals surface area (Å²) >= 11 is 0. The minimum Gasteiger partial charge on any atom is -0.496 e. The van der Waals surface area contributed by atoms with Gasteiger partial charge in [-0.1, -0.05) is 29.8 Å². The van der Waals surface area contributed by atoms with Crippen LogP contribution in [0.15, 0.2) is 54.2 Å². The number of nitrogens with one attached hydrogen (secondary N) is 2. The van der Waals surface area contributed by atoms with Crippen molar-refractivity contribution in [1.82, 2.24) is 10.3 Å². The Balaban J connectivity index is 1.53. The van der Waals surface area contributed by atoms with Gasteiger partial charge >= 0.3 is 0 Å². The van der Waals surface area contributed by atoms with Crippen LogP contribution in [0.25, 0.3) is 0 Å². The first-order chi connectivity index (χ1) is 13.3. The molecule has 1 aliphatic carbocycles. The summed E-state index contributed by atoms with van der Waals surface area (Å²) in [6.07, 6.45) is 9.79.